The fourth-order valence-electron chi connectivity index (χ4n) is 2.48. The normalized spacial score (nSPS) is 23.8. The second-order valence-corrected chi connectivity index (χ2v) is 5.56. The maximum atomic E-state index is 8.98. The summed E-state index contributed by atoms with van der Waals surface area (Å²) >= 11 is 3.45. The van der Waals surface area contributed by atoms with Crippen LogP contribution in [0.3, 0.4) is 0 Å². The molecule has 2 atom stereocenters. The highest BCUT2D eigenvalue weighted by molar-refractivity contribution is 9.10. The van der Waals surface area contributed by atoms with Gasteiger partial charge in [0.1, 0.15) is 0 Å². The van der Waals surface area contributed by atoms with E-state index in [-0.39, 0.29) is 0 Å². The highest BCUT2D eigenvalue weighted by Gasteiger charge is 2.28. The SMILES string of the molecule is CC1CC(CN)CN1c1cc(Br)cc(C#N)c1. The molecule has 1 aromatic carbocycles. The molecule has 0 spiro atoms. The summed E-state index contributed by atoms with van der Waals surface area (Å²) in [5, 5.41) is 8.98. The Morgan fingerprint density at radius 3 is 2.88 bits per heavy atom. The fourth-order valence-corrected chi connectivity index (χ4v) is 2.96. The van der Waals surface area contributed by atoms with E-state index in [2.05, 4.69) is 39.9 Å². The molecule has 2 N–H and O–H groups in total. The van der Waals surface area contributed by atoms with Gasteiger partial charge in [-0.05, 0) is 44.0 Å². The van der Waals surface area contributed by atoms with Crippen LogP contribution in [0.1, 0.15) is 18.9 Å². The van der Waals surface area contributed by atoms with Crippen molar-refractivity contribution in [2.45, 2.75) is 19.4 Å². The van der Waals surface area contributed by atoms with Gasteiger partial charge >= 0.3 is 0 Å². The summed E-state index contributed by atoms with van der Waals surface area (Å²) in [6.07, 6.45) is 1.13. The van der Waals surface area contributed by atoms with E-state index in [9.17, 15) is 0 Å². The monoisotopic (exact) mass is 293 g/mol. The van der Waals surface area contributed by atoms with Crippen molar-refractivity contribution in [2.75, 3.05) is 18.0 Å². The van der Waals surface area contributed by atoms with E-state index >= 15 is 0 Å². The minimum atomic E-state index is 0.490. The van der Waals surface area contributed by atoms with E-state index in [0.717, 1.165) is 29.7 Å². The van der Waals surface area contributed by atoms with Gasteiger partial charge in [0.15, 0.2) is 0 Å². The molecule has 0 amide bonds. The molecule has 17 heavy (non-hydrogen) atoms. The van der Waals surface area contributed by atoms with E-state index in [1.54, 1.807) is 0 Å². The van der Waals surface area contributed by atoms with Crippen LogP contribution in [-0.4, -0.2) is 19.1 Å². The third kappa shape index (κ3) is 2.62. The first-order valence-electron chi connectivity index (χ1n) is 5.81. The molecule has 90 valence electrons. The number of benzene rings is 1. The summed E-state index contributed by atoms with van der Waals surface area (Å²) in [5.74, 6) is 0.564. The number of halogens is 1. The Labute approximate surface area is 110 Å². The highest BCUT2D eigenvalue weighted by Crippen LogP contribution is 2.31. The van der Waals surface area contributed by atoms with E-state index in [4.69, 9.17) is 11.0 Å². The lowest BCUT2D eigenvalue weighted by molar-refractivity contribution is 0.579. The predicted molar refractivity (Wildman–Crippen MR) is 72.8 cm³/mol. The minimum Gasteiger partial charge on any atom is -0.368 e. The molecule has 2 unspecified atom stereocenters. The maximum Gasteiger partial charge on any atom is 0.0992 e. The van der Waals surface area contributed by atoms with Crippen molar-refractivity contribution in [3.63, 3.8) is 0 Å². The number of nitriles is 1. The molecule has 0 aliphatic carbocycles. The summed E-state index contributed by atoms with van der Waals surface area (Å²) in [6.45, 7) is 3.93. The molecular weight excluding hydrogens is 278 g/mol. The van der Waals surface area contributed by atoms with E-state index < -0.39 is 0 Å². The maximum absolute atomic E-state index is 8.98. The molecule has 1 saturated heterocycles. The molecule has 0 aromatic heterocycles. The lowest BCUT2D eigenvalue weighted by Crippen LogP contribution is -2.27. The van der Waals surface area contributed by atoms with Gasteiger partial charge in [0.25, 0.3) is 0 Å². The molecular formula is C13H16BrN3. The van der Waals surface area contributed by atoms with Crippen molar-refractivity contribution in [2.24, 2.45) is 11.7 Å². The van der Waals surface area contributed by atoms with Gasteiger partial charge in [-0.2, -0.15) is 5.26 Å². The number of hydrogen-bond donors (Lipinski definition) is 1. The summed E-state index contributed by atoms with van der Waals surface area (Å²) in [7, 11) is 0. The Morgan fingerprint density at radius 1 is 1.53 bits per heavy atom. The van der Waals surface area contributed by atoms with Crippen LogP contribution in [0.4, 0.5) is 5.69 Å². The van der Waals surface area contributed by atoms with Crippen LogP contribution in [0.2, 0.25) is 0 Å². The summed E-state index contributed by atoms with van der Waals surface area (Å²) < 4.78 is 0.954. The largest absolute Gasteiger partial charge is 0.368 e. The van der Waals surface area contributed by atoms with Crippen LogP contribution in [0, 0.1) is 17.2 Å². The van der Waals surface area contributed by atoms with Crippen molar-refractivity contribution in [1.82, 2.24) is 0 Å². The summed E-state index contributed by atoms with van der Waals surface area (Å²) in [4.78, 5) is 2.34. The van der Waals surface area contributed by atoms with Crippen molar-refractivity contribution < 1.29 is 0 Å². The zero-order chi connectivity index (χ0) is 12.4. The van der Waals surface area contributed by atoms with Gasteiger partial charge in [-0.3, -0.25) is 0 Å². The van der Waals surface area contributed by atoms with Gasteiger partial charge in [-0.1, -0.05) is 15.9 Å². The average molecular weight is 294 g/mol. The average Bonchev–Trinajstić information content (AvgIpc) is 2.69. The van der Waals surface area contributed by atoms with Crippen LogP contribution < -0.4 is 10.6 Å². The molecule has 3 nitrogen and oxygen atoms in total. The van der Waals surface area contributed by atoms with Crippen LogP contribution >= 0.6 is 15.9 Å². The topological polar surface area (TPSA) is 53.0 Å². The Bertz CT molecular complexity index is 452. The zero-order valence-corrected chi connectivity index (χ0v) is 11.4. The van der Waals surface area contributed by atoms with Gasteiger partial charge in [-0.25, -0.2) is 0 Å². The molecule has 1 fully saturated rings. The molecule has 1 aliphatic heterocycles. The van der Waals surface area contributed by atoms with Crippen LogP contribution in [0.15, 0.2) is 22.7 Å². The Balaban J connectivity index is 2.28. The molecule has 1 aromatic rings. The smallest absolute Gasteiger partial charge is 0.0992 e. The first-order chi connectivity index (χ1) is 8.13. The summed E-state index contributed by atoms with van der Waals surface area (Å²) in [5.41, 5.74) is 7.54. The second kappa shape index (κ2) is 5.07. The van der Waals surface area contributed by atoms with E-state index in [0.29, 0.717) is 17.5 Å². The molecule has 1 aliphatic rings. The number of nitrogens with two attached hydrogens (primary N) is 1. The number of anilines is 1. The molecule has 0 radical (unpaired) electrons. The van der Waals surface area contributed by atoms with E-state index in [1.165, 1.54) is 0 Å². The Kier molecular flexibility index (Phi) is 3.70. The van der Waals surface area contributed by atoms with E-state index in [1.807, 2.05) is 12.1 Å². The molecule has 2 rings (SSSR count). The number of nitrogens with zero attached hydrogens (tertiary/aromatic N) is 2. The predicted octanol–water partition coefficient (Wildman–Crippen LogP) is 2.49. The van der Waals surface area contributed by atoms with Crippen molar-refractivity contribution in [1.29, 1.82) is 5.26 Å². The van der Waals surface area contributed by atoms with Gasteiger partial charge < -0.3 is 10.6 Å². The first kappa shape index (κ1) is 12.4. The molecule has 4 heteroatoms. The second-order valence-electron chi connectivity index (χ2n) is 4.65. The van der Waals surface area contributed by atoms with Crippen molar-refractivity contribution in [3.8, 4) is 6.07 Å². The van der Waals surface area contributed by atoms with Crippen molar-refractivity contribution in [3.05, 3.63) is 28.2 Å². The lowest BCUT2D eigenvalue weighted by atomic mass is 10.1. The fraction of sp³-hybridized carbons (Fsp3) is 0.462. The molecule has 0 bridgehead atoms. The number of rotatable bonds is 2. The standard InChI is InChI=1S/C13H16BrN3/c1-9-2-11(7-16)8-17(9)13-4-10(6-15)3-12(14)5-13/h3-5,9,11H,2,7-8,16H2,1H3. The van der Waals surface area contributed by atoms with Gasteiger partial charge in [-0.15, -0.1) is 0 Å². The number of hydrogen-bond acceptors (Lipinski definition) is 3. The highest BCUT2D eigenvalue weighted by atomic mass is 79.9. The van der Waals surface area contributed by atoms with Crippen LogP contribution in [0.5, 0.6) is 0 Å². The van der Waals surface area contributed by atoms with Gasteiger partial charge in [0.2, 0.25) is 0 Å². The zero-order valence-electron chi connectivity index (χ0n) is 9.86. The molecule has 0 saturated carbocycles. The van der Waals surface area contributed by atoms with Gasteiger partial charge in [0, 0.05) is 22.7 Å². The quantitative estimate of drug-likeness (QED) is 0.911. The van der Waals surface area contributed by atoms with Crippen LogP contribution in [0.25, 0.3) is 0 Å². The van der Waals surface area contributed by atoms with Crippen LogP contribution in [-0.2, 0) is 0 Å². The summed E-state index contributed by atoms with van der Waals surface area (Å²) in [6, 6.07) is 8.53. The molecule has 1 heterocycles. The third-order valence-electron chi connectivity index (χ3n) is 3.34. The first-order valence-corrected chi connectivity index (χ1v) is 6.60. The minimum absolute atomic E-state index is 0.490. The lowest BCUT2D eigenvalue weighted by Gasteiger charge is -2.24. The van der Waals surface area contributed by atoms with Gasteiger partial charge in [0.05, 0.1) is 11.6 Å². The third-order valence-corrected chi connectivity index (χ3v) is 3.80. The Hall–Kier alpha value is -1.05. The Morgan fingerprint density at radius 2 is 2.29 bits per heavy atom. The van der Waals surface area contributed by atoms with Crippen molar-refractivity contribution >= 4 is 21.6 Å².